The lowest BCUT2D eigenvalue weighted by Gasteiger charge is -2.31. The molecule has 27 heavy (non-hydrogen) atoms. The lowest BCUT2D eigenvalue weighted by atomic mass is 10.0. The van der Waals surface area contributed by atoms with Crippen LogP contribution in [0.2, 0.25) is 0 Å². The molecule has 3 rings (SSSR count). The smallest absolute Gasteiger partial charge is 0.260 e. The van der Waals surface area contributed by atoms with Crippen molar-refractivity contribution >= 4 is 32.2 Å². The molecule has 0 atom stereocenters. The number of methoxy groups -OCH3 is 1. The number of nitrogens with zero attached hydrogens (tertiary/aromatic N) is 2. The fourth-order valence-corrected chi connectivity index (χ4v) is 4.42. The van der Waals surface area contributed by atoms with E-state index in [-0.39, 0.29) is 17.4 Å². The van der Waals surface area contributed by atoms with Crippen molar-refractivity contribution < 1.29 is 14.3 Å². The van der Waals surface area contributed by atoms with E-state index in [1.165, 1.54) is 0 Å². The average Bonchev–Trinajstić information content (AvgIpc) is 2.74. The Labute approximate surface area is 169 Å². The third-order valence-electron chi connectivity index (χ3n) is 5.28. The standard InChI is InChI=1S/C21H27BrN2O3/c1-27-17-11-5-4-10-16(17)19(22)18(20(25)23-12-6-2-7-13-23)21(26)24-14-8-3-9-15-24/h4-5,10-11H,2-3,6-9,12-15H2,1H3. The maximum Gasteiger partial charge on any atom is 0.260 e. The van der Waals surface area contributed by atoms with Crippen LogP contribution in [-0.4, -0.2) is 54.9 Å². The number of rotatable bonds is 4. The highest BCUT2D eigenvalue weighted by Gasteiger charge is 2.32. The van der Waals surface area contributed by atoms with Crippen molar-refractivity contribution in [1.82, 2.24) is 9.80 Å². The van der Waals surface area contributed by atoms with Gasteiger partial charge >= 0.3 is 0 Å². The molecular weight excluding hydrogens is 408 g/mol. The van der Waals surface area contributed by atoms with Crippen LogP contribution in [-0.2, 0) is 9.59 Å². The molecule has 0 unspecified atom stereocenters. The number of benzene rings is 1. The summed E-state index contributed by atoms with van der Waals surface area (Å²) in [6.45, 7) is 2.84. The van der Waals surface area contributed by atoms with Crippen LogP contribution in [0.15, 0.2) is 29.8 Å². The minimum atomic E-state index is -0.178. The predicted molar refractivity (Wildman–Crippen MR) is 110 cm³/mol. The molecule has 2 amide bonds. The number of piperidine rings is 2. The summed E-state index contributed by atoms with van der Waals surface area (Å²) in [6, 6.07) is 7.47. The molecule has 2 aliphatic heterocycles. The van der Waals surface area contributed by atoms with Gasteiger partial charge in [-0.15, -0.1) is 0 Å². The van der Waals surface area contributed by atoms with Crippen molar-refractivity contribution in [3.8, 4) is 5.75 Å². The predicted octanol–water partition coefficient (Wildman–Crippen LogP) is 3.83. The van der Waals surface area contributed by atoms with Crippen LogP contribution in [0.5, 0.6) is 5.75 Å². The van der Waals surface area contributed by atoms with Crippen molar-refractivity contribution in [2.75, 3.05) is 33.3 Å². The molecule has 0 saturated carbocycles. The van der Waals surface area contributed by atoms with Gasteiger partial charge in [-0.1, -0.05) is 18.2 Å². The van der Waals surface area contributed by atoms with Crippen LogP contribution >= 0.6 is 15.9 Å². The summed E-state index contributed by atoms with van der Waals surface area (Å²) in [5.74, 6) is 0.283. The molecule has 146 valence electrons. The maximum atomic E-state index is 13.3. The molecule has 2 fully saturated rings. The van der Waals surface area contributed by atoms with E-state index in [0.717, 1.165) is 44.1 Å². The first-order chi connectivity index (χ1) is 13.1. The van der Waals surface area contributed by atoms with Crippen molar-refractivity contribution in [1.29, 1.82) is 0 Å². The molecule has 0 N–H and O–H groups in total. The Morgan fingerprint density at radius 1 is 0.852 bits per heavy atom. The number of amides is 2. The van der Waals surface area contributed by atoms with Crippen molar-refractivity contribution in [2.45, 2.75) is 38.5 Å². The Bertz CT molecular complexity index is 688. The number of hydrogen-bond donors (Lipinski definition) is 0. The van der Waals surface area contributed by atoms with Gasteiger partial charge in [-0.2, -0.15) is 0 Å². The molecule has 2 saturated heterocycles. The third-order valence-corrected chi connectivity index (χ3v) is 6.10. The molecular formula is C21H27BrN2O3. The maximum absolute atomic E-state index is 13.3. The van der Waals surface area contributed by atoms with E-state index in [4.69, 9.17) is 4.74 Å². The number of carbonyl (C=O) groups excluding carboxylic acids is 2. The summed E-state index contributed by atoms with van der Waals surface area (Å²) in [5.41, 5.74) is 0.953. The second-order valence-corrected chi connectivity index (χ2v) is 7.89. The highest BCUT2D eigenvalue weighted by atomic mass is 79.9. The summed E-state index contributed by atoms with van der Waals surface area (Å²) < 4.78 is 5.97. The van der Waals surface area contributed by atoms with Crippen LogP contribution < -0.4 is 4.74 Å². The summed E-state index contributed by atoms with van der Waals surface area (Å²) in [5, 5.41) is 0. The van der Waals surface area contributed by atoms with Gasteiger partial charge in [-0.3, -0.25) is 9.59 Å². The summed E-state index contributed by atoms with van der Waals surface area (Å²) >= 11 is 3.58. The van der Waals surface area contributed by atoms with Crippen LogP contribution in [0, 0.1) is 0 Å². The molecule has 0 spiro atoms. The highest BCUT2D eigenvalue weighted by molar-refractivity contribution is 9.15. The van der Waals surface area contributed by atoms with E-state index in [9.17, 15) is 9.59 Å². The first kappa shape index (κ1) is 19.9. The van der Waals surface area contributed by atoms with Crippen LogP contribution in [0.4, 0.5) is 0 Å². The molecule has 6 heteroatoms. The lowest BCUT2D eigenvalue weighted by molar-refractivity contribution is -0.135. The monoisotopic (exact) mass is 434 g/mol. The van der Waals surface area contributed by atoms with Gasteiger partial charge in [0.2, 0.25) is 0 Å². The van der Waals surface area contributed by atoms with Crippen molar-refractivity contribution in [3.05, 3.63) is 35.4 Å². The number of para-hydroxylation sites is 1. The number of halogens is 1. The number of likely N-dealkylation sites (tertiary alicyclic amines) is 2. The molecule has 0 aliphatic carbocycles. The van der Waals surface area contributed by atoms with Crippen LogP contribution in [0.1, 0.15) is 44.1 Å². The number of carbonyl (C=O) groups is 2. The minimum Gasteiger partial charge on any atom is -0.496 e. The van der Waals surface area contributed by atoms with Gasteiger partial charge in [0, 0.05) is 36.2 Å². The number of ether oxygens (including phenoxy) is 1. The average molecular weight is 435 g/mol. The molecule has 0 radical (unpaired) electrons. The molecule has 5 nitrogen and oxygen atoms in total. The largest absolute Gasteiger partial charge is 0.496 e. The zero-order valence-corrected chi connectivity index (χ0v) is 17.5. The molecule has 1 aromatic rings. The van der Waals surface area contributed by atoms with Crippen molar-refractivity contribution in [2.24, 2.45) is 0 Å². The van der Waals surface area contributed by atoms with E-state index in [2.05, 4.69) is 15.9 Å². The second kappa shape index (κ2) is 9.40. The lowest BCUT2D eigenvalue weighted by Crippen LogP contribution is -2.44. The highest BCUT2D eigenvalue weighted by Crippen LogP contribution is 2.34. The fraction of sp³-hybridized carbons (Fsp3) is 0.524. The van der Waals surface area contributed by atoms with E-state index < -0.39 is 0 Å². The Morgan fingerprint density at radius 2 is 1.33 bits per heavy atom. The molecule has 1 aromatic carbocycles. The Morgan fingerprint density at radius 3 is 1.81 bits per heavy atom. The summed E-state index contributed by atoms with van der Waals surface area (Å²) in [6.07, 6.45) is 6.23. The zero-order chi connectivity index (χ0) is 19.2. The third kappa shape index (κ3) is 4.54. The van der Waals surface area contributed by atoms with Crippen LogP contribution in [0.25, 0.3) is 4.48 Å². The summed E-state index contributed by atoms with van der Waals surface area (Å²) in [4.78, 5) is 30.3. The number of hydrogen-bond acceptors (Lipinski definition) is 3. The normalized spacial score (nSPS) is 17.4. The van der Waals surface area contributed by atoms with E-state index >= 15 is 0 Å². The SMILES string of the molecule is COc1ccccc1C(Br)=C(C(=O)N1CCCCC1)C(=O)N1CCCCC1. The zero-order valence-electron chi connectivity index (χ0n) is 15.9. The van der Waals surface area contributed by atoms with Gasteiger partial charge in [0.25, 0.3) is 11.8 Å². The Hall–Kier alpha value is -1.82. The molecule has 0 aromatic heterocycles. The van der Waals surface area contributed by atoms with Gasteiger partial charge in [0.1, 0.15) is 11.3 Å². The molecule has 0 bridgehead atoms. The van der Waals surface area contributed by atoms with Gasteiger partial charge in [0.05, 0.1) is 7.11 Å². The van der Waals surface area contributed by atoms with Gasteiger partial charge in [-0.25, -0.2) is 0 Å². The van der Waals surface area contributed by atoms with E-state index in [1.807, 2.05) is 34.1 Å². The molecule has 2 heterocycles. The minimum absolute atomic E-state index is 0.178. The first-order valence-electron chi connectivity index (χ1n) is 9.75. The van der Waals surface area contributed by atoms with Gasteiger partial charge in [0.15, 0.2) is 0 Å². The topological polar surface area (TPSA) is 49.9 Å². The van der Waals surface area contributed by atoms with E-state index in [1.54, 1.807) is 7.11 Å². The van der Waals surface area contributed by atoms with Gasteiger partial charge in [-0.05, 0) is 60.5 Å². The van der Waals surface area contributed by atoms with E-state index in [0.29, 0.717) is 36.4 Å². The quantitative estimate of drug-likeness (QED) is 0.411. The first-order valence-corrected chi connectivity index (χ1v) is 10.5. The Kier molecular flexibility index (Phi) is 6.94. The van der Waals surface area contributed by atoms with Gasteiger partial charge < -0.3 is 14.5 Å². The van der Waals surface area contributed by atoms with Crippen LogP contribution in [0.3, 0.4) is 0 Å². The summed E-state index contributed by atoms with van der Waals surface area (Å²) in [7, 11) is 1.59. The Balaban J connectivity index is 2.02. The van der Waals surface area contributed by atoms with Crippen molar-refractivity contribution in [3.63, 3.8) is 0 Å². The fourth-order valence-electron chi connectivity index (χ4n) is 3.75. The second-order valence-electron chi connectivity index (χ2n) is 7.09. The molecule has 2 aliphatic rings.